The first kappa shape index (κ1) is 11.2. The summed E-state index contributed by atoms with van der Waals surface area (Å²) in [6.45, 7) is 1.70. The van der Waals surface area contributed by atoms with Crippen molar-refractivity contribution in [3.63, 3.8) is 0 Å². The van der Waals surface area contributed by atoms with Crippen molar-refractivity contribution in [2.75, 3.05) is 0 Å². The topological polar surface area (TPSA) is 42.2 Å². The van der Waals surface area contributed by atoms with E-state index in [9.17, 15) is 4.79 Å². The van der Waals surface area contributed by atoms with Crippen molar-refractivity contribution in [3.8, 4) is 0 Å². The minimum Gasteiger partial charge on any atom is -0.481 e. The number of carbonyl (C=O) groups is 1. The van der Waals surface area contributed by atoms with Gasteiger partial charge in [0.2, 0.25) is 0 Å². The van der Waals surface area contributed by atoms with Gasteiger partial charge in [-0.3, -0.25) is 4.79 Å². The Bertz CT molecular complexity index is 559. The fourth-order valence-corrected chi connectivity index (χ4v) is 2.36. The van der Waals surface area contributed by atoms with Crippen LogP contribution in [0, 0.1) is 0 Å². The molecule has 16 heavy (non-hydrogen) atoms. The molecule has 84 valence electrons. The van der Waals surface area contributed by atoms with Gasteiger partial charge in [-0.15, -0.1) is 0 Å². The number of hydrogen-bond acceptors (Lipinski definition) is 1. The van der Waals surface area contributed by atoms with Crippen molar-refractivity contribution in [1.82, 2.24) is 4.57 Å². The van der Waals surface area contributed by atoms with Gasteiger partial charge in [-0.2, -0.15) is 0 Å². The molecule has 2 aromatic rings. The van der Waals surface area contributed by atoms with E-state index in [2.05, 4.69) is 15.9 Å². The molecule has 1 aromatic carbocycles. The Hall–Kier alpha value is -1.29. The Morgan fingerprint density at radius 3 is 2.75 bits per heavy atom. The summed E-state index contributed by atoms with van der Waals surface area (Å²) in [4.78, 5) is 11.0. The van der Waals surface area contributed by atoms with Crippen molar-refractivity contribution < 1.29 is 9.90 Å². The van der Waals surface area contributed by atoms with Crippen LogP contribution in [0.25, 0.3) is 10.9 Å². The van der Waals surface area contributed by atoms with Crippen molar-refractivity contribution in [2.45, 2.75) is 12.8 Å². The summed E-state index contributed by atoms with van der Waals surface area (Å²) in [6.07, 6.45) is 0. The number of carboxylic acids is 1. The number of fused-ring (bicyclic) bond motifs is 1. The van der Waals surface area contributed by atoms with Crippen LogP contribution < -0.4 is 0 Å². The summed E-state index contributed by atoms with van der Waals surface area (Å²) in [6, 6.07) is 7.82. The van der Waals surface area contributed by atoms with E-state index in [0.717, 1.165) is 21.1 Å². The van der Waals surface area contributed by atoms with Crippen molar-refractivity contribution >= 4 is 32.8 Å². The normalized spacial score (nSPS) is 12.9. The lowest BCUT2D eigenvalue weighted by atomic mass is 10.1. The minimum atomic E-state index is -0.804. The van der Waals surface area contributed by atoms with Gasteiger partial charge in [0.25, 0.3) is 0 Å². The molecule has 0 fully saturated rings. The van der Waals surface area contributed by atoms with E-state index < -0.39 is 11.9 Å². The molecule has 0 saturated heterocycles. The van der Waals surface area contributed by atoms with Crippen LogP contribution in [0.2, 0.25) is 0 Å². The number of aryl methyl sites for hydroxylation is 1. The zero-order valence-corrected chi connectivity index (χ0v) is 10.7. The number of aliphatic carboxylic acids is 1. The molecule has 2 rings (SSSR count). The number of rotatable bonds is 2. The van der Waals surface area contributed by atoms with Gasteiger partial charge in [-0.1, -0.05) is 22.0 Å². The predicted molar refractivity (Wildman–Crippen MR) is 66.7 cm³/mol. The van der Waals surface area contributed by atoms with Crippen LogP contribution in [-0.2, 0) is 11.8 Å². The molecule has 1 atom stereocenters. The van der Waals surface area contributed by atoms with Crippen LogP contribution in [0.3, 0.4) is 0 Å². The maximum absolute atomic E-state index is 11.0. The maximum Gasteiger partial charge on any atom is 0.312 e. The quantitative estimate of drug-likeness (QED) is 0.919. The first-order chi connectivity index (χ1) is 7.52. The van der Waals surface area contributed by atoms with E-state index in [0.29, 0.717) is 0 Å². The molecular weight excluding hydrogens is 270 g/mol. The number of carboxylic acid groups (broad SMARTS) is 1. The van der Waals surface area contributed by atoms with Crippen LogP contribution in [-0.4, -0.2) is 15.6 Å². The van der Waals surface area contributed by atoms with Crippen LogP contribution in [0.4, 0.5) is 0 Å². The molecule has 0 aliphatic rings. The fourth-order valence-electron chi connectivity index (χ4n) is 1.89. The lowest BCUT2D eigenvalue weighted by Gasteiger charge is -2.07. The van der Waals surface area contributed by atoms with E-state index in [4.69, 9.17) is 5.11 Å². The molecule has 0 spiro atoms. The van der Waals surface area contributed by atoms with Gasteiger partial charge in [-0.05, 0) is 25.1 Å². The molecule has 0 aliphatic carbocycles. The Labute approximate surface area is 102 Å². The Morgan fingerprint density at radius 1 is 1.50 bits per heavy atom. The third-order valence-electron chi connectivity index (χ3n) is 2.88. The molecule has 1 heterocycles. The highest BCUT2D eigenvalue weighted by Gasteiger charge is 2.19. The summed E-state index contributed by atoms with van der Waals surface area (Å²) < 4.78 is 2.92. The number of nitrogens with zero attached hydrogens (tertiary/aromatic N) is 1. The summed E-state index contributed by atoms with van der Waals surface area (Å²) in [5.74, 6) is -1.30. The van der Waals surface area contributed by atoms with Gasteiger partial charge in [-0.25, -0.2) is 0 Å². The monoisotopic (exact) mass is 281 g/mol. The average molecular weight is 282 g/mol. The second-order valence-corrected chi connectivity index (χ2v) is 4.72. The highest BCUT2D eigenvalue weighted by atomic mass is 79.9. The standard InChI is InChI=1S/C12H12BrNO2/c1-7(12(15)16)11-6-8-9(13)4-3-5-10(8)14(11)2/h3-7H,1-2H3,(H,15,16). The van der Waals surface area contributed by atoms with Gasteiger partial charge in [0.15, 0.2) is 0 Å². The second kappa shape index (κ2) is 3.94. The lowest BCUT2D eigenvalue weighted by Crippen LogP contribution is -2.11. The average Bonchev–Trinajstić information content (AvgIpc) is 2.57. The fraction of sp³-hybridized carbons (Fsp3) is 0.250. The van der Waals surface area contributed by atoms with E-state index in [-0.39, 0.29) is 0 Å². The molecule has 0 bridgehead atoms. The molecule has 0 saturated carbocycles. The van der Waals surface area contributed by atoms with Crippen molar-refractivity contribution in [3.05, 3.63) is 34.4 Å². The SMILES string of the molecule is CC(C(=O)O)c1cc2c(Br)cccc2n1C. The third-order valence-corrected chi connectivity index (χ3v) is 3.58. The third kappa shape index (κ3) is 1.63. The zero-order valence-electron chi connectivity index (χ0n) is 9.07. The summed E-state index contributed by atoms with van der Waals surface area (Å²) in [7, 11) is 1.89. The van der Waals surface area contributed by atoms with Crippen molar-refractivity contribution in [1.29, 1.82) is 0 Å². The Kier molecular flexibility index (Phi) is 2.76. The number of hydrogen-bond donors (Lipinski definition) is 1. The van der Waals surface area contributed by atoms with Gasteiger partial charge < -0.3 is 9.67 Å². The van der Waals surface area contributed by atoms with E-state index in [1.165, 1.54) is 0 Å². The first-order valence-electron chi connectivity index (χ1n) is 4.99. The molecular formula is C12H12BrNO2. The first-order valence-corrected chi connectivity index (χ1v) is 5.78. The lowest BCUT2D eigenvalue weighted by molar-refractivity contribution is -0.138. The Morgan fingerprint density at radius 2 is 2.19 bits per heavy atom. The van der Waals surface area contributed by atoms with Crippen LogP contribution in [0.5, 0.6) is 0 Å². The van der Waals surface area contributed by atoms with E-state index >= 15 is 0 Å². The van der Waals surface area contributed by atoms with Crippen LogP contribution in [0.1, 0.15) is 18.5 Å². The van der Waals surface area contributed by atoms with Gasteiger partial charge >= 0.3 is 5.97 Å². The Balaban J connectivity index is 2.69. The summed E-state index contributed by atoms with van der Waals surface area (Å²) in [5.41, 5.74) is 1.85. The molecule has 4 heteroatoms. The second-order valence-electron chi connectivity index (χ2n) is 3.86. The summed E-state index contributed by atoms with van der Waals surface area (Å²) >= 11 is 3.47. The van der Waals surface area contributed by atoms with Gasteiger partial charge in [0.1, 0.15) is 0 Å². The van der Waals surface area contributed by atoms with Crippen LogP contribution >= 0.6 is 15.9 Å². The zero-order chi connectivity index (χ0) is 11.9. The maximum atomic E-state index is 11.0. The molecule has 0 amide bonds. The summed E-state index contributed by atoms with van der Waals surface area (Å²) in [5, 5.41) is 10.1. The molecule has 1 aromatic heterocycles. The molecule has 0 radical (unpaired) electrons. The predicted octanol–water partition coefficient (Wildman–Crippen LogP) is 3.13. The van der Waals surface area contributed by atoms with E-state index in [1.54, 1.807) is 6.92 Å². The number of aromatic nitrogens is 1. The number of halogens is 1. The molecule has 3 nitrogen and oxygen atoms in total. The number of benzene rings is 1. The highest BCUT2D eigenvalue weighted by molar-refractivity contribution is 9.10. The largest absolute Gasteiger partial charge is 0.481 e. The minimum absolute atomic E-state index is 0.496. The molecule has 0 aliphatic heterocycles. The van der Waals surface area contributed by atoms with Gasteiger partial charge in [0.05, 0.1) is 5.92 Å². The molecule has 1 N–H and O–H groups in total. The van der Waals surface area contributed by atoms with E-state index in [1.807, 2.05) is 35.9 Å². The highest BCUT2D eigenvalue weighted by Crippen LogP contribution is 2.29. The van der Waals surface area contributed by atoms with Crippen molar-refractivity contribution in [2.24, 2.45) is 7.05 Å². The smallest absolute Gasteiger partial charge is 0.312 e. The van der Waals surface area contributed by atoms with Gasteiger partial charge in [0, 0.05) is 28.1 Å². The molecule has 1 unspecified atom stereocenters. The van der Waals surface area contributed by atoms with Crippen LogP contribution in [0.15, 0.2) is 28.7 Å².